The molecular formula is C15H22N2. The molecule has 0 fully saturated rings. The van der Waals surface area contributed by atoms with Gasteiger partial charge in [0.25, 0.3) is 0 Å². The van der Waals surface area contributed by atoms with Crippen molar-refractivity contribution in [3.05, 3.63) is 55.0 Å². The van der Waals surface area contributed by atoms with Gasteiger partial charge in [-0.3, -0.25) is 9.98 Å². The number of hydrogen-bond donors (Lipinski definition) is 0. The Bertz CT molecular complexity index is 364. The van der Waals surface area contributed by atoms with Crippen molar-refractivity contribution in [1.82, 2.24) is 4.98 Å². The van der Waals surface area contributed by atoms with Crippen molar-refractivity contribution in [2.24, 2.45) is 4.99 Å². The minimum absolute atomic E-state index is 0.775. The maximum Gasteiger partial charge on any atom is 0.0886 e. The fourth-order valence-electron chi connectivity index (χ4n) is 0.971. The number of rotatable bonds is 4. The Morgan fingerprint density at radius 1 is 1.35 bits per heavy atom. The van der Waals surface area contributed by atoms with Gasteiger partial charge in [0, 0.05) is 11.9 Å². The molecule has 17 heavy (non-hydrogen) atoms. The van der Waals surface area contributed by atoms with Crippen LogP contribution >= 0.6 is 0 Å². The lowest BCUT2D eigenvalue weighted by Gasteiger charge is -2.00. The van der Waals surface area contributed by atoms with E-state index in [1.54, 1.807) is 12.3 Å². The van der Waals surface area contributed by atoms with Crippen LogP contribution in [0, 0.1) is 0 Å². The molecule has 2 heteroatoms. The van der Waals surface area contributed by atoms with Crippen molar-refractivity contribution in [2.45, 2.75) is 33.6 Å². The summed E-state index contributed by atoms with van der Waals surface area (Å²) < 4.78 is 0. The second-order valence-corrected chi connectivity index (χ2v) is 3.54. The molecule has 1 heterocycles. The number of aromatic nitrogens is 1. The van der Waals surface area contributed by atoms with Crippen molar-refractivity contribution in [3.8, 4) is 0 Å². The Balaban J connectivity index is 0.000000770. The van der Waals surface area contributed by atoms with Gasteiger partial charge in [0.05, 0.1) is 11.4 Å². The normalized spacial score (nSPS) is 10.2. The standard InChI is InChI=1S/C12H14N2.C3H8/c1-4-10(3)14-11(5-2)12-8-6-7-9-13-12;1-3-2/h5-9H,2-4H2,1H3;3H2,1-2H3. The molecule has 0 radical (unpaired) electrons. The lowest BCUT2D eigenvalue weighted by Crippen LogP contribution is -1.99. The highest BCUT2D eigenvalue weighted by atomic mass is 14.8. The summed E-state index contributed by atoms with van der Waals surface area (Å²) in [7, 11) is 0. The maximum absolute atomic E-state index is 4.33. The third kappa shape index (κ3) is 6.46. The summed E-state index contributed by atoms with van der Waals surface area (Å²) in [5.41, 5.74) is 2.44. The zero-order valence-electron chi connectivity index (χ0n) is 11.1. The summed E-state index contributed by atoms with van der Waals surface area (Å²) in [5, 5.41) is 0. The third-order valence-electron chi connectivity index (χ3n) is 1.81. The van der Waals surface area contributed by atoms with Crippen LogP contribution in [0.4, 0.5) is 0 Å². The lowest BCUT2D eigenvalue weighted by atomic mass is 10.2. The van der Waals surface area contributed by atoms with Gasteiger partial charge in [-0.2, -0.15) is 0 Å². The average Bonchev–Trinajstić information content (AvgIpc) is 2.37. The van der Waals surface area contributed by atoms with Gasteiger partial charge in [-0.25, -0.2) is 0 Å². The minimum Gasteiger partial charge on any atom is -0.255 e. The van der Waals surface area contributed by atoms with Crippen LogP contribution in [0.5, 0.6) is 0 Å². The first kappa shape index (κ1) is 15.3. The summed E-state index contributed by atoms with van der Waals surface area (Å²) in [6, 6.07) is 5.71. The molecule has 0 saturated carbocycles. The summed E-state index contributed by atoms with van der Waals surface area (Å²) >= 11 is 0. The van der Waals surface area contributed by atoms with Gasteiger partial charge in [0.15, 0.2) is 0 Å². The Kier molecular flexibility index (Phi) is 8.57. The summed E-state index contributed by atoms with van der Waals surface area (Å²) in [6.07, 6.45) is 5.52. The molecule has 0 aliphatic rings. The Labute approximate surface area is 105 Å². The topological polar surface area (TPSA) is 25.2 Å². The SMILES string of the molecule is C=CC(=NC(=C)CC)c1ccccn1.CCC. The van der Waals surface area contributed by atoms with Crippen molar-refractivity contribution >= 4 is 5.71 Å². The number of aliphatic imine (C=N–C) groups is 1. The molecule has 1 rings (SSSR count). The molecular weight excluding hydrogens is 208 g/mol. The van der Waals surface area contributed by atoms with E-state index in [1.807, 2.05) is 25.1 Å². The molecule has 0 atom stereocenters. The first-order valence-electron chi connectivity index (χ1n) is 5.99. The van der Waals surface area contributed by atoms with Crippen LogP contribution < -0.4 is 0 Å². The van der Waals surface area contributed by atoms with E-state index in [9.17, 15) is 0 Å². The first-order chi connectivity index (χ1) is 8.19. The number of nitrogens with zero attached hydrogens (tertiary/aromatic N) is 2. The Hall–Kier alpha value is -1.70. The van der Waals surface area contributed by atoms with E-state index in [0.29, 0.717) is 0 Å². The highest BCUT2D eigenvalue weighted by Crippen LogP contribution is 2.04. The number of hydrogen-bond acceptors (Lipinski definition) is 2. The van der Waals surface area contributed by atoms with Gasteiger partial charge in [0.2, 0.25) is 0 Å². The fraction of sp³-hybridized carbons (Fsp3) is 0.333. The van der Waals surface area contributed by atoms with Crippen LogP contribution in [-0.2, 0) is 0 Å². The smallest absolute Gasteiger partial charge is 0.0886 e. The van der Waals surface area contributed by atoms with Crippen molar-refractivity contribution in [2.75, 3.05) is 0 Å². The number of pyridine rings is 1. The molecule has 0 saturated heterocycles. The monoisotopic (exact) mass is 230 g/mol. The van der Waals surface area contributed by atoms with Crippen molar-refractivity contribution in [1.29, 1.82) is 0 Å². The Morgan fingerprint density at radius 3 is 2.41 bits per heavy atom. The number of allylic oxidation sites excluding steroid dienone is 2. The predicted molar refractivity (Wildman–Crippen MR) is 76.4 cm³/mol. The van der Waals surface area contributed by atoms with Gasteiger partial charge in [-0.1, -0.05) is 46.4 Å². The highest BCUT2D eigenvalue weighted by Gasteiger charge is 1.99. The molecule has 0 aliphatic heterocycles. The molecule has 0 bridgehead atoms. The van der Waals surface area contributed by atoms with E-state index in [1.165, 1.54) is 6.42 Å². The third-order valence-corrected chi connectivity index (χ3v) is 1.81. The van der Waals surface area contributed by atoms with Crippen molar-refractivity contribution in [3.63, 3.8) is 0 Å². The summed E-state index contributed by atoms with van der Waals surface area (Å²) in [5.74, 6) is 0. The zero-order chi connectivity index (χ0) is 13.1. The molecule has 1 aromatic rings. The van der Waals surface area contributed by atoms with E-state index < -0.39 is 0 Å². The van der Waals surface area contributed by atoms with Crippen LogP contribution in [0.15, 0.2) is 54.3 Å². The zero-order valence-corrected chi connectivity index (χ0v) is 11.1. The highest BCUT2D eigenvalue weighted by molar-refractivity contribution is 6.07. The molecule has 0 N–H and O–H groups in total. The van der Waals surface area contributed by atoms with Crippen molar-refractivity contribution < 1.29 is 0 Å². The molecule has 0 aliphatic carbocycles. The molecule has 0 amide bonds. The molecule has 92 valence electrons. The Morgan fingerprint density at radius 2 is 2.00 bits per heavy atom. The van der Waals surface area contributed by atoms with Gasteiger partial charge < -0.3 is 0 Å². The van der Waals surface area contributed by atoms with Gasteiger partial charge >= 0.3 is 0 Å². The van der Waals surface area contributed by atoms with E-state index >= 15 is 0 Å². The molecule has 0 spiro atoms. The second-order valence-electron chi connectivity index (χ2n) is 3.54. The van der Waals surface area contributed by atoms with E-state index in [0.717, 1.165) is 23.5 Å². The summed E-state index contributed by atoms with van der Waals surface area (Å²) in [4.78, 5) is 8.52. The summed E-state index contributed by atoms with van der Waals surface area (Å²) in [6.45, 7) is 13.8. The first-order valence-corrected chi connectivity index (χ1v) is 5.99. The predicted octanol–water partition coefficient (Wildman–Crippen LogP) is 4.40. The fourth-order valence-corrected chi connectivity index (χ4v) is 0.971. The van der Waals surface area contributed by atoms with Gasteiger partial charge in [-0.15, -0.1) is 0 Å². The van der Waals surface area contributed by atoms with E-state index in [4.69, 9.17) is 0 Å². The second kappa shape index (κ2) is 9.52. The van der Waals surface area contributed by atoms with Gasteiger partial charge in [-0.05, 0) is 24.6 Å². The largest absolute Gasteiger partial charge is 0.255 e. The van der Waals surface area contributed by atoms with Gasteiger partial charge in [0.1, 0.15) is 0 Å². The van der Waals surface area contributed by atoms with Crippen LogP contribution in [0.25, 0.3) is 0 Å². The lowest BCUT2D eigenvalue weighted by molar-refractivity contribution is 1.08. The minimum atomic E-state index is 0.775. The molecule has 0 aromatic carbocycles. The van der Waals surface area contributed by atoms with Crippen LogP contribution in [0.2, 0.25) is 0 Å². The molecule has 2 nitrogen and oxygen atoms in total. The quantitative estimate of drug-likeness (QED) is 0.704. The molecule has 0 unspecified atom stereocenters. The van der Waals surface area contributed by atoms with Crippen LogP contribution in [0.1, 0.15) is 39.3 Å². The van der Waals surface area contributed by atoms with E-state index in [-0.39, 0.29) is 0 Å². The average molecular weight is 230 g/mol. The van der Waals surface area contributed by atoms with E-state index in [2.05, 4.69) is 37.0 Å². The van der Waals surface area contributed by atoms with Crippen LogP contribution in [0.3, 0.4) is 0 Å². The molecule has 1 aromatic heterocycles. The maximum atomic E-state index is 4.33. The van der Waals surface area contributed by atoms with Crippen LogP contribution in [-0.4, -0.2) is 10.7 Å².